The van der Waals surface area contributed by atoms with Crippen molar-refractivity contribution in [1.29, 1.82) is 0 Å². The van der Waals surface area contributed by atoms with Gasteiger partial charge in [0.2, 0.25) is 0 Å². The summed E-state index contributed by atoms with van der Waals surface area (Å²) in [6.07, 6.45) is 3.42. The molecule has 0 unspecified atom stereocenters. The van der Waals surface area contributed by atoms with E-state index in [0.717, 1.165) is 31.6 Å². The average Bonchev–Trinajstić information content (AvgIpc) is 2.99. The molecule has 2 atom stereocenters. The second-order valence-corrected chi connectivity index (χ2v) is 9.55. The zero-order valence-electron chi connectivity index (χ0n) is 15.9. The van der Waals surface area contributed by atoms with Gasteiger partial charge in [-0.25, -0.2) is 15.0 Å². The standard InChI is InChI=1S/C19H22Cl2IN5O2/c1-10-14(11-2-5-24-16(21)13(11)20)26-12(8-28)18(25-10)27-6-3-19(4-7-27)9-29-17(22)15(19)23/h2,5,15,17,28H,3-4,6-9,23H2,1H3/t15-,17+/m1/s1. The van der Waals surface area contributed by atoms with Gasteiger partial charge in [0.05, 0.1) is 29.6 Å². The van der Waals surface area contributed by atoms with Crippen LogP contribution in [0.15, 0.2) is 12.3 Å². The number of rotatable bonds is 3. The predicted molar refractivity (Wildman–Crippen MR) is 122 cm³/mol. The highest BCUT2D eigenvalue weighted by atomic mass is 127. The van der Waals surface area contributed by atoms with Crippen molar-refractivity contribution >= 4 is 51.6 Å². The minimum Gasteiger partial charge on any atom is -0.390 e. The van der Waals surface area contributed by atoms with Gasteiger partial charge in [-0.1, -0.05) is 23.2 Å². The largest absolute Gasteiger partial charge is 0.390 e. The summed E-state index contributed by atoms with van der Waals surface area (Å²) in [4.78, 5) is 15.6. The minimum atomic E-state index is -0.216. The number of pyridine rings is 1. The molecule has 0 aromatic carbocycles. The number of anilines is 1. The zero-order chi connectivity index (χ0) is 20.8. The predicted octanol–water partition coefficient (Wildman–Crippen LogP) is 3.35. The molecular formula is C19H22Cl2IN5O2. The molecule has 0 aliphatic carbocycles. The van der Waals surface area contributed by atoms with Crippen LogP contribution in [0.5, 0.6) is 0 Å². The molecule has 2 aliphatic heterocycles. The lowest BCUT2D eigenvalue weighted by molar-refractivity contribution is 0.127. The molecule has 0 radical (unpaired) electrons. The molecule has 10 heteroatoms. The summed E-state index contributed by atoms with van der Waals surface area (Å²) in [6.45, 7) is 3.95. The van der Waals surface area contributed by atoms with Crippen molar-refractivity contribution in [2.75, 3.05) is 24.6 Å². The number of alkyl halides is 1. The quantitative estimate of drug-likeness (QED) is 0.344. The van der Waals surface area contributed by atoms with Gasteiger partial charge < -0.3 is 20.5 Å². The number of hydrogen-bond acceptors (Lipinski definition) is 7. The number of nitrogens with zero attached hydrogens (tertiary/aromatic N) is 4. The van der Waals surface area contributed by atoms with E-state index in [1.165, 1.54) is 0 Å². The highest BCUT2D eigenvalue weighted by molar-refractivity contribution is 14.1. The van der Waals surface area contributed by atoms with Gasteiger partial charge in [0.25, 0.3) is 0 Å². The Morgan fingerprint density at radius 2 is 2.07 bits per heavy atom. The van der Waals surface area contributed by atoms with E-state index in [-0.39, 0.29) is 27.3 Å². The smallest absolute Gasteiger partial charge is 0.153 e. The van der Waals surface area contributed by atoms with Crippen molar-refractivity contribution in [2.24, 2.45) is 11.1 Å². The Bertz CT molecular complexity index is 924. The molecule has 4 heterocycles. The second kappa shape index (κ2) is 8.39. The third-order valence-corrected chi connectivity index (χ3v) is 7.85. The summed E-state index contributed by atoms with van der Waals surface area (Å²) in [5.41, 5.74) is 8.92. The summed E-state index contributed by atoms with van der Waals surface area (Å²) in [6, 6.07) is 1.79. The monoisotopic (exact) mass is 549 g/mol. The lowest BCUT2D eigenvalue weighted by Gasteiger charge is -2.41. The fourth-order valence-electron chi connectivity index (χ4n) is 4.12. The third kappa shape index (κ3) is 3.83. The van der Waals surface area contributed by atoms with Crippen LogP contribution in [0.4, 0.5) is 5.82 Å². The second-order valence-electron chi connectivity index (χ2n) is 7.59. The van der Waals surface area contributed by atoms with Gasteiger partial charge >= 0.3 is 0 Å². The molecule has 156 valence electrons. The van der Waals surface area contributed by atoms with Crippen molar-refractivity contribution < 1.29 is 9.84 Å². The fourth-order valence-corrected chi connectivity index (χ4v) is 5.42. The number of piperidine rings is 1. The Morgan fingerprint density at radius 3 is 2.69 bits per heavy atom. The molecule has 1 spiro atoms. The Balaban J connectivity index is 1.63. The molecule has 2 fully saturated rings. The number of aryl methyl sites for hydroxylation is 1. The third-order valence-electron chi connectivity index (χ3n) is 5.95. The van der Waals surface area contributed by atoms with Gasteiger partial charge in [-0.2, -0.15) is 0 Å². The van der Waals surface area contributed by atoms with Crippen LogP contribution < -0.4 is 10.6 Å². The van der Waals surface area contributed by atoms with E-state index in [1.54, 1.807) is 12.3 Å². The summed E-state index contributed by atoms with van der Waals surface area (Å²) in [5, 5.41) is 10.5. The summed E-state index contributed by atoms with van der Waals surface area (Å²) in [5.74, 6) is 0.707. The highest BCUT2D eigenvalue weighted by Crippen LogP contribution is 2.44. The molecule has 0 saturated carbocycles. The van der Waals surface area contributed by atoms with Crippen molar-refractivity contribution in [3.63, 3.8) is 0 Å². The topological polar surface area (TPSA) is 97.4 Å². The minimum absolute atomic E-state index is 0.0193. The zero-order valence-corrected chi connectivity index (χ0v) is 19.6. The SMILES string of the molecule is Cc1nc(N2CCC3(CC2)CO[C@H](I)[C@H]3N)c(CO)nc1-c1ccnc(Cl)c1Cl. The Kier molecular flexibility index (Phi) is 6.21. The molecule has 4 rings (SSSR count). The molecule has 0 bridgehead atoms. The van der Waals surface area contributed by atoms with Crippen molar-refractivity contribution in [1.82, 2.24) is 15.0 Å². The highest BCUT2D eigenvalue weighted by Gasteiger charge is 2.48. The van der Waals surface area contributed by atoms with Crippen LogP contribution in [0.25, 0.3) is 11.3 Å². The van der Waals surface area contributed by atoms with Gasteiger partial charge in [-0.3, -0.25) is 0 Å². The summed E-state index contributed by atoms with van der Waals surface area (Å²) >= 11 is 14.6. The van der Waals surface area contributed by atoms with E-state index >= 15 is 0 Å². The first-order chi connectivity index (χ1) is 13.9. The summed E-state index contributed by atoms with van der Waals surface area (Å²) in [7, 11) is 0. The van der Waals surface area contributed by atoms with Gasteiger partial charge in [-0.15, -0.1) is 0 Å². The lowest BCUT2D eigenvalue weighted by Crippen LogP contribution is -2.50. The molecule has 0 amide bonds. The first kappa shape index (κ1) is 21.5. The van der Waals surface area contributed by atoms with E-state index < -0.39 is 0 Å². The fraction of sp³-hybridized carbons (Fsp3) is 0.526. The van der Waals surface area contributed by atoms with E-state index in [9.17, 15) is 5.11 Å². The Hall–Kier alpha value is -0.780. The van der Waals surface area contributed by atoms with Crippen LogP contribution in [0.2, 0.25) is 10.2 Å². The van der Waals surface area contributed by atoms with Gasteiger partial charge in [-0.05, 0) is 48.4 Å². The van der Waals surface area contributed by atoms with Crippen LogP contribution in [-0.2, 0) is 11.3 Å². The maximum absolute atomic E-state index is 9.98. The van der Waals surface area contributed by atoms with E-state index in [2.05, 4.69) is 37.5 Å². The maximum Gasteiger partial charge on any atom is 0.153 e. The molecular weight excluding hydrogens is 528 g/mol. The van der Waals surface area contributed by atoms with Crippen molar-refractivity contribution in [2.45, 2.75) is 36.5 Å². The Labute approximate surface area is 193 Å². The number of aliphatic hydroxyl groups excluding tert-OH is 1. The number of nitrogens with two attached hydrogens (primary N) is 1. The van der Waals surface area contributed by atoms with Crippen LogP contribution in [0.1, 0.15) is 24.2 Å². The van der Waals surface area contributed by atoms with Crippen LogP contribution in [0.3, 0.4) is 0 Å². The number of ether oxygens (including phenoxy) is 1. The molecule has 2 aromatic rings. The maximum atomic E-state index is 9.98. The molecule has 3 N–H and O–H groups in total. The first-order valence-electron chi connectivity index (χ1n) is 9.41. The molecule has 7 nitrogen and oxygen atoms in total. The average molecular weight is 550 g/mol. The van der Waals surface area contributed by atoms with Crippen molar-refractivity contribution in [3.05, 3.63) is 33.8 Å². The van der Waals surface area contributed by atoms with Crippen LogP contribution in [-0.4, -0.2) is 49.9 Å². The van der Waals surface area contributed by atoms with Gasteiger partial charge in [0.15, 0.2) is 5.82 Å². The molecule has 2 saturated heterocycles. The van der Waals surface area contributed by atoms with Gasteiger partial charge in [0.1, 0.15) is 15.0 Å². The summed E-state index contributed by atoms with van der Waals surface area (Å²) < 4.78 is 5.86. The van der Waals surface area contributed by atoms with Gasteiger partial charge in [0, 0.05) is 36.3 Å². The molecule has 2 aromatic heterocycles. The Morgan fingerprint density at radius 1 is 1.34 bits per heavy atom. The van der Waals surface area contributed by atoms with Crippen molar-refractivity contribution in [3.8, 4) is 11.3 Å². The lowest BCUT2D eigenvalue weighted by atomic mass is 9.75. The normalized spacial score (nSPS) is 23.7. The number of aromatic nitrogens is 3. The first-order valence-corrected chi connectivity index (χ1v) is 11.4. The van der Waals surface area contributed by atoms with Crippen LogP contribution >= 0.6 is 45.8 Å². The number of aliphatic hydroxyl groups is 1. The van der Waals surface area contributed by atoms with E-state index in [4.69, 9.17) is 38.7 Å². The number of halogens is 3. The molecule has 2 aliphatic rings. The van der Waals surface area contributed by atoms with E-state index in [1.807, 2.05) is 6.92 Å². The molecule has 29 heavy (non-hydrogen) atoms. The number of hydrogen-bond donors (Lipinski definition) is 2. The van der Waals surface area contributed by atoms with E-state index in [0.29, 0.717) is 34.4 Å². The van der Waals surface area contributed by atoms with Crippen LogP contribution in [0, 0.1) is 12.3 Å².